The molecule has 3 heteroatoms. The van der Waals surface area contributed by atoms with E-state index in [0.29, 0.717) is 11.8 Å². The fourth-order valence-corrected chi connectivity index (χ4v) is 7.79. The van der Waals surface area contributed by atoms with Crippen molar-refractivity contribution >= 4 is 0 Å². The van der Waals surface area contributed by atoms with E-state index < -0.39 is 0 Å². The molecular formula is C49H93NO2. The Morgan fingerprint density at radius 1 is 0.442 bits per heavy atom. The Morgan fingerprint density at radius 3 is 1.15 bits per heavy atom. The van der Waals surface area contributed by atoms with Crippen LogP contribution in [0.2, 0.25) is 0 Å². The Bertz CT molecular complexity index is 943. The molecule has 0 heterocycles. The first-order valence-electron chi connectivity index (χ1n) is 23.0. The summed E-state index contributed by atoms with van der Waals surface area (Å²) in [7, 11) is 0. The average molecular weight is 728 g/mol. The number of rotatable bonds is 35. The summed E-state index contributed by atoms with van der Waals surface area (Å²) in [5, 5.41) is 3.49. The Balaban J connectivity index is 2.31. The van der Waals surface area contributed by atoms with E-state index >= 15 is 0 Å². The lowest BCUT2D eigenvalue weighted by molar-refractivity contribution is 0.261. The highest BCUT2D eigenvalue weighted by Crippen LogP contribution is 2.28. The molecule has 6 atom stereocenters. The summed E-state index contributed by atoms with van der Waals surface area (Å²) in [6.45, 7) is 29.6. The second-order valence-electron chi connectivity index (χ2n) is 18.8. The van der Waals surface area contributed by atoms with Crippen LogP contribution in [0.15, 0.2) is 18.2 Å². The molecule has 3 nitrogen and oxygen atoms in total. The van der Waals surface area contributed by atoms with Crippen LogP contribution >= 0.6 is 0 Å². The number of hydrogen-bond donors (Lipinski definition) is 1. The topological polar surface area (TPSA) is 30.5 Å². The van der Waals surface area contributed by atoms with E-state index in [2.05, 4.69) is 99.7 Å². The van der Waals surface area contributed by atoms with Gasteiger partial charge >= 0.3 is 0 Å². The maximum absolute atomic E-state index is 6.44. The third kappa shape index (κ3) is 27.4. The molecule has 1 aromatic rings. The summed E-state index contributed by atoms with van der Waals surface area (Å²) in [6, 6.07) is 6.47. The zero-order chi connectivity index (χ0) is 38.6. The summed E-state index contributed by atoms with van der Waals surface area (Å²) in [6.07, 6.45) is 27.1. The molecule has 0 aromatic heterocycles. The first-order chi connectivity index (χ1) is 24.9. The minimum absolute atomic E-state index is 0.697. The van der Waals surface area contributed by atoms with Crippen LogP contribution in [0.4, 0.5) is 0 Å². The minimum Gasteiger partial charge on any atom is -0.493 e. The van der Waals surface area contributed by atoms with Gasteiger partial charge in [0.05, 0.1) is 13.2 Å². The zero-order valence-electron chi connectivity index (χ0n) is 37.1. The molecule has 0 amide bonds. The summed E-state index contributed by atoms with van der Waals surface area (Å²) in [5.41, 5.74) is 1.23. The van der Waals surface area contributed by atoms with Crippen molar-refractivity contribution in [2.24, 2.45) is 47.3 Å². The van der Waals surface area contributed by atoms with Crippen LogP contribution in [-0.4, -0.2) is 19.8 Å². The van der Waals surface area contributed by atoms with Gasteiger partial charge in [0.1, 0.15) is 11.5 Å². The summed E-state index contributed by atoms with van der Waals surface area (Å²) < 4.78 is 12.7. The van der Waals surface area contributed by atoms with E-state index in [1.54, 1.807) is 0 Å². The summed E-state index contributed by atoms with van der Waals surface area (Å²) in [4.78, 5) is 0. The van der Waals surface area contributed by atoms with Gasteiger partial charge in [-0.3, -0.25) is 0 Å². The average Bonchev–Trinajstić information content (AvgIpc) is 3.07. The number of ether oxygens (including phenoxy) is 2. The van der Waals surface area contributed by atoms with Gasteiger partial charge in [-0.25, -0.2) is 0 Å². The van der Waals surface area contributed by atoms with Crippen molar-refractivity contribution in [1.29, 1.82) is 0 Å². The molecule has 0 fully saturated rings. The molecule has 52 heavy (non-hydrogen) atoms. The quantitative estimate of drug-likeness (QED) is 0.0755. The van der Waals surface area contributed by atoms with Gasteiger partial charge in [0.2, 0.25) is 0 Å². The molecule has 1 aromatic carbocycles. The third-order valence-electron chi connectivity index (χ3n) is 11.9. The van der Waals surface area contributed by atoms with Gasteiger partial charge in [-0.2, -0.15) is 0 Å². The molecule has 1 N–H and O–H groups in total. The highest BCUT2D eigenvalue weighted by Gasteiger charge is 2.12. The lowest BCUT2D eigenvalue weighted by atomic mass is 9.91. The van der Waals surface area contributed by atoms with Crippen LogP contribution in [0, 0.1) is 47.3 Å². The van der Waals surface area contributed by atoms with E-state index in [4.69, 9.17) is 9.47 Å². The summed E-state index contributed by atoms with van der Waals surface area (Å²) in [5.74, 6) is 8.54. The van der Waals surface area contributed by atoms with Gasteiger partial charge in [-0.15, -0.1) is 0 Å². The normalized spacial score (nSPS) is 15.5. The molecular weight excluding hydrogens is 635 g/mol. The second-order valence-corrected chi connectivity index (χ2v) is 18.8. The third-order valence-corrected chi connectivity index (χ3v) is 11.9. The zero-order valence-corrected chi connectivity index (χ0v) is 37.1. The van der Waals surface area contributed by atoms with Crippen LogP contribution in [0.25, 0.3) is 0 Å². The van der Waals surface area contributed by atoms with Crippen molar-refractivity contribution in [3.05, 3.63) is 23.8 Å². The molecule has 0 saturated heterocycles. The Hall–Kier alpha value is -1.22. The van der Waals surface area contributed by atoms with Crippen molar-refractivity contribution in [2.45, 2.75) is 211 Å². The van der Waals surface area contributed by atoms with E-state index in [9.17, 15) is 0 Å². The van der Waals surface area contributed by atoms with Crippen molar-refractivity contribution in [2.75, 3.05) is 19.8 Å². The van der Waals surface area contributed by atoms with Gasteiger partial charge in [0.15, 0.2) is 0 Å². The fourth-order valence-electron chi connectivity index (χ4n) is 7.79. The summed E-state index contributed by atoms with van der Waals surface area (Å²) >= 11 is 0. The van der Waals surface area contributed by atoms with E-state index in [1.165, 1.54) is 121 Å². The highest BCUT2D eigenvalue weighted by atomic mass is 16.5. The predicted octanol–water partition coefficient (Wildman–Crippen LogP) is 15.5. The first-order valence-corrected chi connectivity index (χ1v) is 23.0. The molecule has 0 aliphatic carbocycles. The second kappa shape index (κ2) is 31.0. The molecule has 0 bridgehead atoms. The molecule has 2 unspecified atom stereocenters. The van der Waals surface area contributed by atoms with Crippen LogP contribution in [0.3, 0.4) is 0 Å². The number of benzene rings is 1. The molecule has 0 radical (unpaired) electrons. The lowest BCUT2D eigenvalue weighted by Crippen LogP contribution is -2.14. The van der Waals surface area contributed by atoms with Gasteiger partial charge in [0.25, 0.3) is 0 Å². The van der Waals surface area contributed by atoms with E-state index in [1.807, 2.05) is 0 Å². The molecule has 0 aliphatic heterocycles. The van der Waals surface area contributed by atoms with Gasteiger partial charge in [0, 0.05) is 18.2 Å². The van der Waals surface area contributed by atoms with E-state index in [-0.39, 0.29) is 0 Å². The minimum atomic E-state index is 0.697. The Labute approximate surface area is 327 Å². The monoisotopic (exact) mass is 728 g/mol. The maximum atomic E-state index is 6.44. The van der Waals surface area contributed by atoms with Crippen LogP contribution in [0.1, 0.15) is 210 Å². The van der Waals surface area contributed by atoms with Crippen LogP contribution in [0.5, 0.6) is 11.5 Å². The van der Waals surface area contributed by atoms with Crippen molar-refractivity contribution < 1.29 is 9.47 Å². The SMILES string of the molecule is CCNCc1ccc(OCCC(C)CCC[C@H](C)CCC[C@H](C)CCCC(C)C)cc1OCCC(C)CCC[C@H](C)CCC[C@H](C)CCCC(C)C. The lowest BCUT2D eigenvalue weighted by Gasteiger charge is -2.18. The fraction of sp³-hybridized carbons (Fsp3) is 0.878. The largest absolute Gasteiger partial charge is 0.493 e. The smallest absolute Gasteiger partial charge is 0.127 e. The molecule has 0 spiro atoms. The molecule has 1 rings (SSSR count). The van der Waals surface area contributed by atoms with E-state index in [0.717, 1.165) is 86.2 Å². The van der Waals surface area contributed by atoms with Gasteiger partial charge in [-0.1, -0.05) is 198 Å². The van der Waals surface area contributed by atoms with Crippen molar-refractivity contribution in [3.8, 4) is 11.5 Å². The maximum Gasteiger partial charge on any atom is 0.127 e. The Morgan fingerprint density at radius 2 is 0.788 bits per heavy atom. The standard InChI is InChI=1S/C49H93NO2/c1-12-50-38-47-31-32-48(51-35-33-45(10)29-17-27-43(8)25-15-23-41(6)21-13-19-39(2)3)37-49(47)52-36-34-46(11)30-18-28-44(9)26-16-24-42(7)22-14-20-40(4)5/h31-32,37,39-46,50H,12-30,33-36,38H2,1-11H3/t41-,42-,43-,44-,45?,46?/m1/s1. The van der Waals surface area contributed by atoms with Crippen LogP contribution < -0.4 is 14.8 Å². The van der Waals surface area contributed by atoms with Gasteiger partial charge in [-0.05, 0) is 72.8 Å². The molecule has 306 valence electrons. The van der Waals surface area contributed by atoms with Crippen molar-refractivity contribution in [1.82, 2.24) is 5.32 Å². The van der Waals surface area contributed by atoms with Crippen molar-refractivity contribution in [3.63, 3.8) is 0 Å². The molecule has 0 aliphatic rings. The number of nitrogens with one attached hydrogen (secondary N) is 1. The van der Waals surface area contributed by atoms with Crippen LogP contribution in [-0.2, 0) is 6.54 Å². The molecule has 0 saturated carbocycles. The Kier molecular flexibility index (Phi) is 29.1. The predicted molar refractivity (Wildman–Crippen MR) is 232 cm³/mol. The first kappa shape index (κ1) is 48.8. The van der Waals surface area contributed by atoms with Gasteiger partial charge < -0.3 is 14.8 Å². The highest BCUT2D eigenvalue weighted by molar-refractivity contribution is 5.40. The number of hydrogen-bond acceptors (Lipinski definition) is 3.